The van der Waals surface area contributed by atoms with Crippen LogP contribution in [0.4, 0.5) is 13.2 Å². The highest BCUT2D eigenvalue weighted by Crippen LogP contribution is 2.21. The summed E-state index contributed by atoms with van der Waals surface area (Å²) in [6.45, 7) is 1.28. The maximum Gasteiger partial charge on any atom is 0.392 e. The summed E-state index contributed by atoms with van der Waals surface area (Å²) < 4.78 is 40.6. The van der Waals surface area contributed by atoms with Gasteiger partial charge in [0.05, 0.1) is 13.0 Å². The van der Waals surface area contributed by atoms with Gasteiger partial charge in [0.15, 0.2) is 5.78 Å². The van der Waals surface area contributed by atoms with Gasteiger partial charge < -0.3 is 4.74 Å². The van der Waals surface area contributed by atoms with Crippen molar-refractivity contribution in [3.8, 4) is 5.75 Å². The largest absolute Gasteiger partial charge is 0.493 e. The summed E-state index contributed by atoms with van der Waals surface area (Å²) in [7, 11) is 0. The molecular weight excluding hydrogens is 233 g/mol. The van der Waals surface area contributed by atoms with E-state index in [0.717, 1.165) is 0 Å². The van der Waals surface area contributed by atoms with E-state index < -0.39 is 19.2 Å². The summed E-state index contributed by atoms with van der Waals surface area (Å²) in [5.41, 5.74) is 0.456. The molecule has 0 aliphatic carbocycles. The first-order valence-electron chi connectivity index (χ1n) is 5.25. The zero-order valence-corrected chi connectivity index (χ0v) is 9.38. The van der Waals surface area contributed by atoms with E-state index in [4.69, 9.17) is 4.74 Å². The van der Waals surface area contributed by atoms with Crippen LogP contribution in [0.3, 0.4) is 0 Å². The van der Waals surface area contributed by atoms with Gasteiger partial charge in [-0.15, -0.1) is 0 Å². The lowest BCUT2D eigenvalue weighted by Gasteiger charge is -2.09. The quantitative estimate of drug-likeness (QED) is 0.742. The Labute approximate surface area is 97.4 Å². The fraction of sp³-hybridized carbons (Fsp3) is 0.417. The van der Waals surface area contributed by atoms with Crippen molar-refractivity contribution >= 4 is 5.78 Å². The number of Topliss-reactive ketones (excluding diaryl/α,β-unsaturated/α-hetero) is 1. The Morgan fingerprint density at radius 2 is 2.06 bits per heavy atom. The van der Waals surface area contributed by atoms with Crippen LogP contribution in [0.25, 0.3) is 0 Å². The third kappa shape index (κ3) is 4.89. The first-order valence-corrected chi connectivity index (χ1v) is 5.25. The second-order valence-corrected chi connectivity index (χ2v) is 3.52. The number of ketones is 1. The molecule has 0 N–H and O–H groups in total. The topological polar surface area (TPSA) is 26.3 Å². The molecule has 0 aliphatic rings. The zero-order valence-electron chi connectivity index (χ0n) is 9.38. The molecule has 2 nitrogen and oxygen atoms in total. The summed E-state index contributed by atoms with van der Waals surface area (Å²) in [5.74, 6) is 0.222. The molecular formula is C12H13F3O2. The van der Waals surface area contributed by atoms with E-state index in [1.807, 2.05) is 0 Å². The minimum atomic E-state index is -4.23. The number of carbonyl (C=O) groups excluding carboxylic acids is 1. The number of ether oxygens (including phenoxy) is 1. The van der Waals surface area contributed by atoms with Gasteiger partial charge in [0.25, 0.3) is 0 Å². The molecule has 0 saturated heterocycles. The van der Waals surface area contributed by atoms with Gasteiger partial charge in [-0.3, -0.25) is 4.79 Å². The molecule has 0 unspecified atom stereocenters. The number of hydrogen-bond acceptors (Lipinski definition) is 2. The lowest BCUT2D eigenvalue weighted by molar-refractivity contribution is -0.139. The van der Waals surface area contributed by atoms with E-state index in [1.54, 1.807) is 19.1 Å². The second-order valence-electron chi connectivity index (χ2n) is 3.52. The van der Waals surface area contributed by atoms with Gasteiger partial charge in [-0.2, -0.15) is 13.2 Å². The molecule has 1 aromatic rings. The maximum absolute atomic E-state index is 11.9. The molecule has 0 saturated carbocycles. The molecule has 0 atom stereocenters. The van der Waals surface area contributed by atoms with Gasteiger partial charge in [-0.25, -0.2) is 0 Å². The van der Waals surface area contributed by atoms with Crippen molar-refractivity contribution in [1.29, 1.82) is 0 Å². The van der Waals surface area contributed by atoms with Gasteiger partial charge in [-0.1, -0.05) is 19.1 Å². The van der Waals surface area contributed by atoms with E-state index >= 15 is 0 Å². The fourth-order valence-corrected chi connectivity index (χ4v) is 1.25. The number of benzene rings is 1. The number of rotatable bonds is 5. The minimum absolute atomic E-state index is 0.0636. The highest BCUT2D eigenvalue weighted by molar-refractivity contribution is 5.96. The van der Waals surface area contributed by atoms with E-state index in [0.29, 0.717) is 12.0 Å². The van der Waals surface area contributed by atoms with E-state index in [9.17, 15) is 18.0 Å². The normalized spacial score (nSPS) is 11.3. The molecule has 17 heavy (non-hydrogen) atoms. The standard InChI is InChI=1S/C12H13F3O2/c1-2-11(16)9-4-3-5-10(8-9)17-7-6-12(13,14)15/h3-5,8H,2,6-7H2,1H3. The van der Waals surface area contributed by atoms with Crippen LogP contribution in [-0.2, 0) is 0 Å². The average Bonchev–Trinajstić information content (AvgIpc) is 2.27. The smallest absolute Gasteiger partial charge is 0.392 e. The molecule has 5 heteroatoms. The highest BCUT2D eigenvalue weighted by atomic mass is 19.4. The third-order valence-corrected chi connectivity index (χ3v) is 2.13. The van der Waals surface area contributed by atoms with Crippen LogP contribution in [-0.4, -0.2) is 18.6 Å². The van der Waals surface area contributed by atoms with E-state index in [-0.39, 0.29) is 11.5 Å². The Bertz CT molecular complexity index is 386. The molecule has 0 spiro atoms. The van der Waals surface area contributed by atoms with Crippen molar-refractivity contribution in [3.05, 3.63) is 29.8 Å². The molecule has 1 rings (SSSR count). The zero-order chi connectivity index (χ0) is 12.9. The lowest BCUT2D eigenvalue weighted by atomic mass is 10.1. The fourth-order valence-electron chi connectivity index (χ4n) is 1.25. The third-order valence-electron chi connectivity index (χ3n) is 2.13. The Kier molecular flexibility index (Phi) is 4.54. The van der Waals surface area contributed by atoms with Gasteiger partial charge in [-0.05, 0) is 12.1 Å². The van der Waals surface area contributed by atoms with Gasteiger partial charge >= 0.3 is 6.18 Å². The van der Waals surface area contributed by atoms with Gasteiger partial charge in [0.1, 0.15) is 5.75 Å². The average molecular weight is 246 g/mol. The van der Waals surface area contributed by atoms with Crippen molar-refractivity contribution in [2.75, 3.05) is 6.61 Å². The van der Waals surface area contributed by atoms with Crippen LogP contribution >= 0.6 is 0 Å². The Hall–Kier alpha value is -1.52. The van der Waals surface area contributed by atoms with Crippen molar-refractivity contribution in [2.45, 2.75) is 25.9 Å². The number of carbonyl (C=O) groups is 1. The maximum atomic E-state index is 11.9. The van der Waals surface area contributed by atoms with Crippen molar-refractivity contribution < 1.29 is 22.7 Å². The molecule has 0 fully saturated rings. The Morgan fingerprint density at radius 1 is 1.35 bits per heavy atom. The number of hydrogen-bond donors (Lipinski definition) is 0. The first kappa shape index (κ1) is 13.5. The molecule has 0 heterocycles. The predicted molar refractivity (Wildman–Crippen MR) is 57.2 cm³/mol. The minimum Gasteiger partial charge on any atom is -0.493 e. The molecule has 0 radical (unpaired) electrons. The molecule has 0 amide bonds. The Balaban J connectivity index is 2.57. The van der Waals surface area contributed by atoms with E-state index in [2.05, 4.69) is 0 Å². The summed E-state index contributed by atoms with van der Waals surface area (Å²) in [6, 6.07) is 6.19. The van der Waals surface area contributed by atoms with Gasteiger partial charge in [0, 0.05) is 12.0 Å². The highest BCUT2D eigenvalue weighted by Gasteiger charge is 2.26. The molecule has 0 aromatic heterocycles. The Morgan fingerprint density at radius 3 is 2.65 bits per heavy atom. The second kappa shape index (κ2) is 5.70. The lowest BCUT2D eigenvalue weighted by Crippen LogP contribution is -2.13. The summed E-state index contributed by atoms with van der Waals surface area (Å²) >= 11 is 0. The molecule has 0 aliphatic heterocycles. The number of alkyl halides is 3. The SMILES string of the molecule is CCC(=O)c1cccc(OCCC(F)(F)F)c1. The molecule has 0 bridgehead atoms. The van der Waals surface area contributed by atoms with Crippen LogP contribution in [0, 0.1) is 0 Å². The first-order chi connectivity index (χ1) is 7.92. The molecule has 1 aromatic carbocycles. The monoisotopic (exact) mass is 246 g/mol. The summed E-state index contributed by atoms with van der Waals surface area (Å²) in [5, 5.41) is 0. The van der Waals surface area contributed by atoms with Crippen molar-refractivity contribution in [3.63, 3.8) is 0 Å². The van der Waals surface area contributed by atoms with Crippen LogP contribution in [0.2, 0.25) is 0 Å². The summed E-state index contributed by atoms with van der Waals surface area (Å²) in [6.07, 6.45) is -4.87. The summed E-state index contributed by atoms with van der Waals surface area (Å²) in [4.78, 5) is 11.4. The van der Waals surface area contributed by atoms with Gasteiger partial charge in [0.2, 0.25) is 0 Å². The van der Waals surface area contributed by atoms with Crippen LogP contribution in [0.1, 0.15) is 30.1 Å². The molecule has 94 valence electrons. The van der Waals surface area contributed by atoms with Crippen LogP contribution < -0.4 is 4.74 Å². The van der Waals surface area contributed by atoms with Crippen LogP contribution in [0.15, 0.2) is 24.3 Å². The van der Waals surface area contributed by atoms with Crippen molar-refractivity contribution in [2.24, 2.45) is 0 Å². The van der Waals surface area contributed by atoms with Crippen molar-refractivity contribution in [1.82, 2.24) is 0 Å². The van der Waals surface area contributed by atoms with Crippen LogP contribution in [0.5, 0.6) is 5.75 Å². The van der Waals surface area contributed by atoms with E-state index in [1.165, 1.54) is 12.1 Å². The number of halogens is 3. The predicted octanol–water partition coefficient (Wildman–Crippen LogP) is 3.61.